The number of hydrogen-bond acceptors (Lipinski definition) is 4. The van der Waals surface area contributed by atoms with E-state index in [1.54, 1.807) is 36.4 Å². The predicted molar refractivity (Wildman–Crippen MR) is 108 cm³/mol. The Morgan fingerprint density at radius 2 is 1.52 bits per heavy atom. The smallest absolute Gasteiger partial charge is 0.255 e. The molecular weight excluding hydrogens is 340 g/mol. The molecule has 4 N–H and O–H groups in total. The number of nitrogen functional groups attached to an aromatic ring is 1. The van der Waals surface area contributed by atoms with Gasteiger partial charge in [-0.1, -0.05) is 18.6 Å². The van der Waals surface area contributed by atoms with Crippen LogP contribution in [0.2, 0.25) is 0 Å². The maximum absolute atomic E-state index is 12.3. The van der Waals surface area contributed by atoms with E-state index in [2.05, 4.69) is 15.5 Å². The average Bonchev–Trinajstić information content (AvgIpc) is 2.70. The zero-order chi connectivity index (χ0) is 19.1. The third-order valence-electron chi connectivity index (χ3n) is 4.78. The lowest BCUT2D eigenvalue weighted by Crippen LogP contribution is -2.37. The molecule has 1 aliphatic heterocycles. The molecule has 1 heterocycles. The molecule has 6 nitrogen and oxygen atoms in total. The second kappa shape index (κ2) is 9.19. The Morgan fingerprint density at radius 1 is 0.889 bits per heavy atom. The van der Waals surface area contributed by atoms with Gasteiger partial charge in [0.1, 0.15) is 0 Å². The van der Waals surface area contributed by atoms with Crippen LogP contribution in [-0.2, 0) is 0 Å². The van der Waals surface area contributed by atoms with Gasteiger partial charge in [-0.2, -0.15) is 0 Å². The molecule has 0 spiro atoms. The number of nitrogens with two attached hydrogens (primary N) is 1. The van der Waals surface area contributed by atoms with Gasteiger partial charge in [0.25, 0.3) is 11.8 Å². The first-order valence-corrected chi connectivity index (χ1v) is 9.40. The lowest BCUT2D eigenvalue weighted by Gasteiger charge is -2.26. The highest BCUT2D eigenvalue weighted by Gasteiger charge is 2.12. The molecule has 6 heteroatoms. The largest absolute Gasteiger partial charge is 0.397 e. The number of para-hydroxylation sites is 2. The Labute approximate surface area is 159 Å². The van der Waals surface area contributed by atoms with Crippen molar-refractivity contribution in [3.05, 3.63) is 59.7 Å². The van der Waals surface area contributed by atoms with Crippen LogP contribution in [0.1, 0.15) is 40.0 Å². The quantitative estimate of drug-likeness (QED) is 0.686. The summed E-state index contributed by atoms with van der Waals surface area (Å²) in [5, 5.41) is 5.72. The number of hydrogen-bond donors (Lipinski definition) is 3. The van der Waals surface area contributed by atoms with Crippen LogP contribution in [0.15, 0.2) is 48.5 Å². The normalized spacial score (nSPS) is 14.5. The molecule has 3 rings (SSSR count). The van der Waals surface area contributed by atoms with Gasteiger partial charge < -0.3 is 21.3 Å². The first-order chi connectivity index (χ1) is 13.1. The molecule has 27 heavy (non-hydrogen) atoms. The van der Waals surface area contributed by atoms with E-state index in [-0.39, 0.29) is 11.8 Å². The average molecular weight is 366 g/mol. The van der Waals surface area contributed by atoms with Crippen LogP contribution >= 0.6 is 0 Å². The van der Waals surface area contributed by atoms with Gasteiger partial charge >= 0.3 is 0 Å². The Bertz CT molecular complexity index is 783. The van der Waals surface area contributed by atoms with Crippen molar-refractivity contribution < 1.29 is 9.59 Å². The number of anilines is 2. The van der Waals surface area contributed by atoms with Gasteiger partial charge in [0.2, 0.25) is 0 Å². The van der Waals surface area contributed by atoms with E-state index in [9.17, 15) is 9.59 Å². The lowest BCUT2D eigenvalue weighted by molar-refractivity contribution is 0.0945. The third-order valence-corrected chi connectivity index (χ3v) is 4.78. The molecule has 2 amide bonds. The van der Waals surface area contributed by atoms with Gasteiger partial charge in [-0.3, -0.25) is 9.59 Å². The molecular formula is C21H26N4O2. The molecule has 142 valence electrons. The molecule has 0 unspecified atom stereocenters. The minimum atomic E-state index is -0.259. The van der Waals surface area contributed by atoms with Crippen LogP contribution < -0.4 is 16.4 Å². The van der Waals surface area contributed by atoms with E-state index >= 15 is 0 Å². The zero-order valence-corrected chi connectivity index (χ0v) is 15.4. The summed E-state index contributed by atoms with van der Waals surface area (Å²) in [5.41, 5.74) is 7.94. The van der Waals surface area contributed by atoms with Crippen molar-refractivity contribution in [2.24, 2.45) is 0 Å². The predicted octanol–water partition coefficient (Wildman–Crippen LogP) is 2.74. The molecule has 0 aromatic heterocycles. The molecule has 0 atom stereocenters. The van der Waals surface area contributed by atoms with Crippen molar-refractivity contribution in [1.29, 1.82) is 0 Å². The monoisotopic (exact) mass is 366 g/mol. The number of nitrogens with one attached hydrogen (secondary N) is 2. The molecule has 0 radical (unpaired) electrons. The summed E-state index contributed by atoms with van der Waals surface area (Å²) < 4.78 is 0. The van der Waals surface area contributed by atoms with Gasteiger partial charge in [0.15, 0.2) is 0 Å². The van der Waals surface area contributed by atoms with E-state index in [0.29, 0.717) is 29.0 Å². The van der Waals surface area contributed by atoms with E-state index in [4.69, 9.17) is 5.73 Å². The summed E-state index contributed by atoms with van der Waals surface area (Å²) in [6.45, 7) is 3.75. The SMILES string of the molecule is Nc1ccccc1NC(=O)c1ccc(C(=O)NCCN2CCCCC2)cc1. The minimum absolute atomic E-state index is 0.119. The maximum Gasteiger partial charge on any atom is 0.255 e. The fourth-order valence-electron chi connectivity index (χ4n) is 3.19. The third kappa shape index (κ3) is 5.31. The molecule has 0 bridgehead atoms. The highest BCUT2D eigenvalue weighted by molar-refractivity contribution is 6.06. The summed E-state index contributed by atoms with van der Waals surface area (Å²) in [5.74, 6) is -0.378. The van der Waals surface area contributed by atoms with Crippen molar-refractivity contribution in [3.63, 3.8) is 0 Å². The van der Waals surface area contributed by atoms with E-state index in [1.807, 2.05) is 12.1 Å². The standard InChI is InChI=1S/C21H26N4O2/c22-18-6-2-3-7-19(18)24-21(27)17-10-8-16(9-11-17)20(26)23-12-15-25-13-4-1-5-14-25/h2-3,6-11H,1,4-5,12-15,22H2,(H,23,26)(H,24,27). The van der Waals surface area contributed by atoms with E-state index in [1.165, 1.54) is 19.3 Å². The fraction of sp³-hybridized carbons (Fsp3) is 0.333. The first-order valence-electron chi connectivity index (χ1n) is 9.40. The Hall–Kier alpha value is -2.86. The maximum atomic E-state index is 12.3. The van der Waals surface area contributed by atoms with Crippen LogP contribution in [0.3, 0.4) is 0 Å². The number of rotatable bonds is 6. The van der Waals surface area contributed by atoms with Crippen LogP contribution in [0, 0.1) is 0 Å². The highest BCUT2D eigenvalue weighted by Crippen LogP contribution is 2.18. The summed E-state index contributed by atoms with van der Waals surface area (Å²) >= 11 is 0. The van der Waals surface area contributed by atoms with Crippen LogP contribution in [-0.4, -0.2) is 42.9 Å². The van der Waals surface area contributed by atoms with Gasteiger partial charge in [0.05, 0.1) is 11.4 Å². The number of likely N-dealkylation sites (tertiary alicyclic amines) is 1. The second-order valence-corrected chi connectivity index (χ2v) is 6.78. The Balaban J connectivity index is 1.50. The molecule has 2 aromatic carbocycles. The summed E-state index contributed by atoms with van der Waals surface area (Å²) in [6.07, 6.45) is 3.79. The molecule has 1 saturated heterocycles. The lowest BCUT2D eigenvalue weighted by atomic mass is 10.1. The zero-order valence-electron chi connectivity index (χ0n) is 15.4. The van der Waals surface area contributed by atoms with E-state index < -0.39 is 0 Å². The van der Waals surface area contributed by atoms with Crippen molar-refractivity contribution in [2.45, 2.75) is 19.3 Å². The molecule has 0 aliphatic carbocycles. The highest BCUT2D eigenvalue weighted by atomic mass is 16.2. The number of carbonyl (C=O) groups is 2. The Kier molecular flexibility index (Phi) is 6.44. The van der Waals surface area contributed by atoms with Gasteiger partial charge in [-0.05, 0) is 62.3 Å². The van der Waals surface area contributed by atoms with Crippen molar-refractivity contribution in [3.8, 4) is 0 Å². The van der Waals surface area contributed by atoms with Crippen molar-refractivity contribution >= 4 is 23.2 Å². The first kappa shape index (κ1) is 18.9. The number of amides is 2. The number of nitrogens with zero attached hydrogens (tertiary/aromatic N) is 1. The summed E-state index contributed by atoms with van der Waals surface area (Å²) in [7, 11) is 0. The number of piperidine rings is 1. The van der Waals surface area contributed by atoms with Gasteiger partial charge in [-0.15, -0.1) is 0 Å². The molecule has 0 saturated carbocycles. The van der Waals surface area contributed by atoms with Crippen LogP contribution in [0.4, 0.5) is 11.4 Å². The van der Waals surface area contributed by atoms with Gasteiger partial charge in [-0.25, -0.2) is 0 Å². The van der Waals surface area contributed by atoms with Crippen LogP contribution in [0.25, 0.3) is 0 Å². The van der Waals surface area contributed by atoms with Gasteiger partial charge in [0, 0.05) is 24.2 Å². The number of carbonyl (C=O) groups excluding carboxylic acids is 2. The molecule has 2 aromatic rings. The fourth-order valence-corrected chi connectivity index (χ4v) is 3.19. The Morgan fingerprint density at radius 3 is 2.19 bits per heavy atom. The molecule has 1 fully saturated rings. The second-order valence-electron chi connectivity index (χ2n) is 6.78. The van der Waals surface area contributed by atoms with Crippen molar-refractivity contribution in [1.82, 2.24) is 10.2 Å². The topological polar surface area (TPSA) is 87.5 Å². The number of benzene rings is 2. The minimum Gasteiger partial charge on any atom is -0.397 e. The van der Waals surface area contributed by atoms with Crippen molar-refractivity contribution in [2.75, 3.05) is 37.2 Å². The molecule has 1 aliphatic rings. The summed E-state index contributed by atoms with van der Waals surface area (Å²) in [6, 6.07) is 13.7. The summed E-state index contributed by atoms with van der Waals surface area (Å²) in [4.78, 5) is 27.0. The van der Waals surface area contributed by atoms with E-state index in [0.717, 1.165) is 19.6 Å². The van der Waals surface area contributed by atoms with Crippen LogP contribution in [0.5, 0.6) is 0 Å².